The number of guanidine groups is 1. The Morgan fingerprint density at radius 1 is 1.15 bits per heavy atom. The first-order valence-corrected chi connectivity index (χ1v) is 8.85. The van der Waals surface area contributed by atoms with Crippen LogP contribution in [-0.2, 0) is 6.54 Å². The van der Waals surface area contributed by atoms with E-state index in [0.29, 0.717) is 19.0 Å². The minimum atomic E-state index is 0.0135. The summed E-state index contributed by atoms with van der Waals surface area (Å²) in [7, 11) is 1.73. The summed E-state index contributed by atoms with van der Waals surface area (Å²) in [4.78, 5) is 8.44. The molecule has 0 bridgehead atoms. The number of aliphatic hydroxyl groups excluding tert-OH is 1. The van der Waals surface area contributed by atoms with Gasteiger partial charge in [-0.2, -0.15) is 5.10 Å². The van der Waals surface area contributed by atoms with E-state index in [4.69, 9.17) is 0 Å². The quantitative estimate of drug-likeness (QED) is 0.379. The Morgan fingerprint density at radius 3 is 2.70 bits per heavy atom. The summed E-state index contributed by atoms with van der Waals surface area (Å²) >= 11 is 0. The summed E-state index contributed by atoms with van der Waals surface area (Å²) in [6.45, 7) is 1.29. The lowest BCUT2D eigenvalue weighted by molar-refractivity contribution is 0.265. The molecule has 140 valence electrons. The number of H-pyrrole nitrogens is 1. The molecule has 1 atom stereocenters. The van der Waals surface area contributed by atoms with E-state index in [1.165, 1.54) is 6.33 Å². The molecular formula is C20H24N6O. The van der Waals surface area contributed by atoms with Crippen LogP contribution in [0.15, 0.2) is 65.9 Å². The zero-order valence-electron chi connectivity index (χ0n) is 15.3. The topological polar surface area (TPSA) is 98.2 Å². The fourth-order valence-electron chi connectivity index (χ4n) is 2.81. The van der Waals surface area contributed by atoms with Gasteiger partial charge in [-0.05, 0) is 17.2 Å². The van der Waals surface area contributed by atoms with Gasteiger partial charge in [0.15, 0.2) is 11.8 Å². The zero-order valence-corrected chi connectivity index (χ0v) is 15.3. The van der Waals surface area contributed by atoms with Crippen LogP contribution in [0.3, 0.4) is 0 Å². The predicted octanol–water partition coefficient (Wildman–Crippen LogP) is 1.91. The first-order valence-electron chi connectivity index (χ1n) is 8.85. The molecule has 0 saturated heterocycles. The van der Waals surface area contributed by atoms with Gasteiger partial charge in [-0.25, -0.2) is 4.98 Å². The van der Waals surface area contributed by atoms with Crippen LogP contribution in [0.2, 0.25) is 0 Å². The smallest absolute Gasteiger partial charge is 0.191 e. The van der Waals surface area contributed by atoms with Crippen molar-refractivity contribution in [3.8, 4) is 11.4 Å². The van der Waals surface area contributed by atoms with E-state index in [0.717, 1.165) is 22.5 Å². The molecule has 1 aromatic heterocycles. The van der Waals surface area contributed by atoms with Crippen molar-refractivity contribution < 1.29 is 5.11 Å². The third-order valence-corrected chi connectivity index (χ3v) is 4.31. The van der Waals surface area contributed by atoms with Gasteiger partial charge in [0.1, 0.15) is 6.33 Å². The Bertz CT molecular complexity index is 848. The second kappa shape index (κ2) is 9.49. The van der Waals surface area contributed by atoms with Crippen molar-refractivity contribution in [2.45, 2.75) is 12.5 Å². The summed E-state index contributed by atoms with van der Waals surface area (Å²) in [6, 6.07) is 18.0. The highest BCUT2D eigenvalue weighted by Crippen LogP contribution is 2.15. The standard InChI is InChI=1S/C20H24N6O/c1-21-20(23-12-18(13-27)16-7-3-2-4-8-16)22-11-15-6-5-9-17(10-15)19-24-14-25-26-19/h2-10,14,18,27H,11-13H2,1H3,(H2,21,22,23)(H,24,25,26). The molecule has 27 heavy (non-hydrogen) atoms. The molecule has 0 aliphatic carbocycles. The number of benzene rings is 2. The highest BCUT2D eigenvalue weighted by atomic mass is 16.3. The molecule has 0 aliphatic heterocycles. The Labute approximate surface area is 158 Å². The van der Waals surface area contributed by atoms with E-state index in [-0.39, 0.29) is 12.5 Å². The summed E-state index contributed by atoms with van der Waals surface area (Å²) in [6.07, 6.45) is 1.50. The van der Waals surface area contributed by atoms with E-state index < -0.39 is 0 Å². The lowest BCUT2D eigenvalue weighted by Gasteiger charge is -2.18. The minimum absolute atomic E-state index is 0.0135. The highest BCUT2D eigenvalue weighted by Gasteiger charge is 2.11. The molecule has 0 radical (unpaired) electrons. The number of hydrogen-bond donors (Lipinski definition) is 4. The number of aromatic nitrogens is 3. The number of hydrogen-bond acceptors (Lipinski definition) is 4. The maximum Gasteiger partial charge on any atom is 0.191 e. The number of rotatable bonds is 7. The average Bonchev–Trinajstić information content (AvgIpc) is 3.27. The van der Waals surface area contributed by atoms with Crippen molar-refractivity contribution in [3.63, 3.8) is 0 Å². The van der Waals surface area contributed by atoms with Gasteiger partial charge in [0.05, 0.1) is 6.61 Å². The van der Waals surface area contributed by atoms with Gasteiger partial charge in [0, 0.05) is 31.6 Å². The summed E-state index contributed by atoms with van der Waals surface area (Å²) < 4.78 is 0. The predicted molar refractivity (Wildman–Crippen MR) is 106 cm³/mol. The van der Waals surface area contributed by atoms with Crippen LogP contribution in [-0.4, -0.2) is 46.4 Å². The molecule has 7 nitrogen and oxygen atoms in total. The largest absolute Gasteiger partial charge is 0.396 e. The van der Waals surface area contributed by atoms with Crippen molar-refractivity contribution in [2.75, 3.05) is 20.2 Å². The Hall–Kier alpha value is -3.19. The lowest BCUT2D eigenvalue weighted by Crippen LogP contribution is -2.39. The average molecular weight is 364 g/mol. The van der Waals surface area contributed by atoms with Crippen LogP contribution in [0, 0.1) is 0 Å². The minimum Gasteiger partial charge on any atom is -0.396 e. The van der Waals surface area contributed by atoms with E-state index in [1.807, 2.05) is 48.5 Å². The molecule has 7 heteroatoms. The van der Waals surface area contributed by atoms with Gasteiger partial charge in [0.2, 0.25) is 0 Å². The van der Waals surface area contributed by atoms with Crippen LogP contribution in [0.5, 0.6) is 0 Å². The molecular weight excluding hydrogens is 340 g/mol. The van der Waals surface area contributed by atoms with Crippen LogP contribution in [0.25, 0.3) is 11.4 Å². The number of aliphatic imine (C=N–C) groups is 1. The van der Waals surface area contributed by atoms with Crippen LogP contribution in [0.1, 0.15) is 17.0 Å². The van der Waals surface area contributed by atoms with Crippen molar-refractivity contribution in [1.29, 1.82) is 0 Å². The fraction of sp³-hybridized carbons (Fsp3) is 0.250. The zero-order chi connectivity index (χ0) is 18.9. The number of aromatic amines is 1. The van der Waals surface area contributed by atoms with Crippen LogP contribution < -0.4 is 10.6 Å². The molecule has 0 amide bonds. The summed E-state index contributed by atoms with van der Waals surface area (Å²) in [5, 5.41) is 23.0. The van der Waals surface area contributed by atoms with Crippen molar-refractivity contribution in [3.05, 3.63) is 72.1 Å². The van der Waals surface area contributed by atoms with E-state index >= 15 is 0 Å². The first kappa shape index (κ1) is 18.6. The highest BCUT2D eigenvalue weighted by molar-refractivity contribution is 5.79. The second-order valence-corrected chi connectivity index (χ2v) is 6.13. The molecule has 0 fully saturated rings. The van der Waals surface area contributed by atoms with Crippen molar-refractivity contribution in [2.24, 2.45) is 4.99 Å². The fourth-order valence-corrected chi connectivity index (χ4v) is 2.81. The molecule has 0 aliphatic rings. The van der Waals surface area contributed by atoms with Gasteiger partial charge < -0.3 is 15.7 Å². The van der Waals surface area contributed by atoms with Gasteiger partial charge >= 0.3 is 0 Å². The number of nitrogens with zero attached hydrogens (tertiary/aromatic N) is 3. The van der Waals surface area contributed by atoms with E-state index in [2.05, 4.69) is 36.9 Å². The third kappa shape index (κ3) is 5.15. The van der Waals surface area contributed by atoms with Gasteiger partial charge in [0.25, 0.3) is 0 Å². The number of aliphatic hydroxyl groups is 1. The third-order valence-electron chi connectivity index (χ3n) is 4.31. The van der Waals surface area contributed by atoms with Gasteiger partial charge in [-0.15, -0.1) is 0 Å². The van der Waals surface area contributed by atoms with E-state index in [1.54, 1.807) is 7.05 Å². The summed E-state index contributed by atoms with van der Waals surface area (Å²) in [5.41, 5.74) is 3.19. The van der Waals surface area contributed by atoms with Crippen LogP contribution in [0.4, 0.5) is 0 Å². The molecule has 1 heterocycles. The second-order valence-electron chi connectivity index (χ2n) is 6.13. The first-order chi connectivity index (χ1) is 13.3. The van der Waals surface area contributed by atoms with Crippen LogP contribution >= 0.6 is 0 Å². The number of nitrogens with one attached hydrogen (secondary N) is 3. The van der Waals surface area contributed by atoms with E-state index in [9.17, 15) is 5.11 Å². The molecule has 3 rings (SSSR count). The monoisotopic (exact) mass is 364 g/mol. The Kier molecular flexibility index (Phi) is 6.54. The lowest BCUT2D eigenvalue weighted by atomic mass is 10.0. The molecule has 0 saturated carbocycles. The molecule has 3 aromatic rings. The SMILES string of the molecule is CN=C(NCc1cccc(-c2ncn[nH]2)c1)NCC(CO)c1ccccc1. The maximum absolute atomic E-state index is 9.68. The van der Waals surface area contributed by atoms with Gasteiger partial charge in [-0.1, -0.05) is 48.5 Å². The Morgan fingerprint density at radius 2 is 2.00 bits per heavy atom. The van der Waals surface area contributed by atoms with Crippen molar-refractivity contribution >= 4 is 5.96 Å². The van der Waals surface area contributed by atoms with Gasteiger partial charge in [-0.3, -0.25) is 10.1 Å². The van der Waals surface area contributed by atoms with Crippen molar-refractivity contribution in [1.82, 2.24) is 25.8 Å². The normalized spacial score (nSPS) is 12.6. The summed E-state index contributed by atoms with van der Waals surface area (Å²) in [5.74, 6) is 1.45. The maximum atomic E-state index is 9.68. The molecule has 4 N–H and O–H groups in total. The molecule has 0 spiro atoms. The molecule has 1 unspecified atom stereocenters. The Balaban J connectivity index is 1.56. The molecule has 2 aromatic carbocycles.